The van der Waals surface area contributed by atoms with Crippen molar-refractivity contribution < 1.29 is 28.0 Å². The number of carbonyl (C=O) groups excluding carboxylic acids is 2. The number of hydrogen-bond donors (Lipinski definition) is 0. The number of quaternary nitrogens is 2. The van der Waals surface area contributed by atoms with Gasteiger partial charge in [0.1, 0.15) is 37.8 Å². The van der Waals surface area contributed by atoms with Crippen LogP contribution in [0, 0.1) is 0 Å². The largest absolute Gasteiger partial charge is 0.488 e. The van der Waals surface area contributed by atoms with Crippen molar-refractivity contribution in [1.29, 1.82) is 0 Å². The molecule has 0 spiro atoms. The summed E-state index contributed by atoms with van der Waals surface area (Å²) in [4.78, 5) is 28.6. The van der Waals surface area contributed by atoms with E-state index in [1.54, 1.807) is 12.1 Å². The van der Waals surface area contributed by atoms with Crippen molar-refractivity contribution in [3.05, 3.63) is 129 Å². The Balaban J connectivity index is 1.25. The number of nitrogens with zero attached hydrogens (tertiary/aromatic N) is 2. The molecule has 70 heavy (non-hydrogen) atoms. The lowest BCUT2D eigenvalue weighted by atomic mass is 9.83. The van der Waals surface area contributed by atoms with Gasteiger partial charge in [-0.25, -0.2) is 0 Å². The fourth-order valence-electron chi connectivity index (χ4n) is 10.7. The summed E-state index contributed by atoms with van der Waals surface area (Å²) in [5.74, 6) is 0.408. The van der Waals surface area contributed by atoms with Crippen molar-refractivity contribution in [2.24, 2.45) is 0 Å². The third-order valence-electron chi connectivity index (χ3n) is 15.2. The number of carbonyl (C=O) groups is 2. The van der Waals surface area contributed by atoms with Gasteiger partial charge in [-0.05, 0) is 74.6 Å². The molecule has 0 radical (unpaired) electrons. The van der Waals surface area contributed by atoms with Gasteiger partial charge >= 0.3 is 0 Å². The summed E-state index contributed by atoms with van der Waals surface area (Å²) < 4.78 is 15.1. The van der Waals surface area contributed by atoms with Crippen molar-refractivity contribution >= 4 is 11.6 Å². The highest BCUT2D eigenvalue weighted by Gasteiger charge is 2.35. The van der Waals surface area contributed by atoms with Crippen LogP contribution < -0.4 is 9.47 Å². The first kappa shape index (κ1) is 56.7. The predicted octanol–water partition coefficient (Wildman–Crippen LogP) is 17.0. The van der Waals surface area contributed by atoms with E-state index in [2.05, 4.69) is 90.3 Å². The number of fused-ring (bicyclic) bond motifs is 2. The van der Waals surface area contributed by atoms with E-state index in [1.807, 2.05) is 24.3 Å². The standard InChI is InChI=1S/C64H96N2O4/c1-7-11-15-19-23-29-45-65(5,46-30-24-20-16-12-8-2)49-53-35-39-55(40-36-53)51-69-59-43-44-60(62-61(59)63(67)57-33-27-28-34-58(57)64(62)68)70-52-56-41-37-54(38-42-56)50-66(6,47-31-25-21-17-13-9-3)48-32-26-22-18-14-10-4/h27-28,33-44H,7-26,29-32,45-52H2,1-6H3/q+2. The fraction of sp³-hybridized carbons (Fsp3) is 0.594. The zero-order valence-electron chi connectivity index (χ0n) is 45.2. The minimum atomic E-state index is -0.207. The number of hydrogen-bond acceptors (Lipinski definition) is 4. The Kier molecular flexibility index (Phi) is 25.3. The summed E-state index contributed by atoms with van der Waals surface area (Å²) in [6.45, 7) is 16.7. The Morgan fingerprint density at radius 1 is 0.343 bits per heavy atom. The summed E-state index contributed by atoms with van der Waals surface area (Å²) in [5.41, 5.74) is 6.14. The number of rotatable bonds is 38. The van der Waals surface area contributed by atoms with Crippen LogP contribution in [0.25, 0.3) is 0 Å². The van der Waals surface area contributed by atoms with E-state index in [0.717, 1.165) is 33.2 Å². The van der Waals surface area contributed by atoms with Crippen molar-refractivity contribution in [2.75, 3.05) is 40.3 Å². The third kappa shape index (κ3) is 18.7. The minimum Gasteiger partial charge on any atom is -0.488 e. The molecule has 0 aliphatic heterocycles. The Morgan fingerprint density at radius 2 is 0.614 bits per heavy atom. The van der Waals surface area contributed by atoms with Crippen molar-refractivity contribution in [3.8, 4) is 11.5 Å². The number of ketones is 2. The molecule has 0 fully saturated rings. The molecule has 0 saturated heterocycles. The molecule has 1 aliphatic carbocycles. The van der Waals surface area contributed by atoms with Gasteiger partial charge in [-0.2, -0.15) is 0 Å². The van der Waals surface area contributed by atoms with Gasteiger partial charge in [-0.1, -0.05) is 203 Å². The highest BCUT2D eigenvalue weighted by atomic mass is 16.5. The smallest absolute Gasteiger partial charge is 0.198 e. The summed E-state index contributed by atoms with van der Waals surface area (Å²) in [7, 11) is 4.92. The molecule has 0 aromatic heterocycles. The number of ether oxygens (including phenoxy) is 2. The molecule has 5 rings (SSSR count). The van der Waals surface area contributed by atoms with E-state index in [1.165, 1.54) is 191 Å². The van der Waals surface area contributed by atoms with Crippen LogP contribution in [0.15, 0.2) is 84.9 Å². The third-order valence-corrected chi connectivity index (χ3v) is 15.2. The Hall–Kier alpha value is -4.26. The van der Waals surface area contributed by atoms with E-state index in [0.29, 0.717) is 47.0 Å². The second-order valence-electron chi connectivity index (χ2n) is 21.7. The average molecular weight is 957 g/mol. The van der Waals surface area contributed by atoms with Crippen LogP contribution in [0.3, 0.4) is 0 Å². The molecule has 0 heterocycles. The molecular formula is C64H96N2O4+2. The zero-order valence-corrected chi connectivity index (χ0v) is 45.2. The van der Waals surface area contributed by atoms with Crippen LogP contribution >= 0.6 is 0 Å². The molecule has 384 valence electrons. The number of unbranched alkanes of at least 4 members (excludes halogenated alkanes) is 20. The Bertz CT molecular complexity index is 1930. The fourth-order valence-corrected chi connectivity index (χ4v) is 10.7. The SMILES string of the molecule is CCCCCCCC[N+](C)(CCCCCCCC)Cc1ccc(COc2ccc(OCc3ccc(C[N+](C)(CCCCCCCC)CCCCCCCC)cc3)c3c2C(=O)c2ccccc2C3=O)cc1. The van der Waals surface area contributed by atoms with E-state index >= 15 is 0 Å². The molecule has 0 N–H and O–H groups in total. The highest BCUT2D eigenvalue weighted by Crippen LogP contribution is 2.39. The molecule has 0 bridgehead atoms. The molecule has 0 atom stereocenters. The summed E-state index contributed by atoms with van der Waals surface area (Å²) in [5, 5.41) is 0. The summed E-state index contributed by atoms with van der Waals surface area (Å²) in [6.07, 6.45) is 31.8. The van der Waals surface area contributed by atoms with Gasteiger partial charge in [-0.15, -0.1) is 0 Å². The maximum absolute atomic E-state index is 14.3. The van der Waals surface area contributed by atoms with Crippen LogP contribution in [0.1, 0.15) is 236 Å². The van der Waals surface area contributed by atoms with Crippen LogP contribution in [0.5, 0.6) is 11.5 Å². The molecule has 4 aromatic carbocycles. The first-order chi connectivity index (χ1) is 34.1. The lowest BCUT2D eigenvalue weighted by molar-refractivity contribution is -0.923. The maximum Gasteiger partial charge on any atom is 0.198 e. The topological polar surface area (TPSA) is 52.6 Å². The monoisotopic (exact) mass is 957 g/mol. The molecular weight excluding hydrogens is 861 g/mol. The molecule has 0 saturated carbocycles. The maximum atomic E-state index is 14.3. The van der Waals surface area contributed by atoms with Crippen molar-refractivity contribution in [1.82, 2.24) is 0 Å². The predicted molar refractivity (Wildman–Crippen MR) is 294 cm³/mol. The lowest BCUT2D eigenvalue weighted by Gasteiger charge is -2.35. The molecule has 6 heteroatoms. The highest BCUT2D eigenvalue weighted by molar-refractivity contribution is 6.30. The van der Waals surface area contributed by atoms with Gasteiger partial charge in [0, 0.05) is 22.3 Å². The average Bonchev–Trinajstić information content (AvgIpc) is 3.37. The van der Waals surface area contributed by atoms with Gasteiger partial charge in [-0.3, -0.25) is 9.59 Å². The van der Waals surface area contributed by atoms with Crippen LogP contribution in [0.2, 0.25) is 0 Å². The van der Waals surface area contributed by atoms with Gasteiger partial charge in [0.2, 0.25) is 0 Å². The summed E-state index contributed by atoms with van der Waals surface area (Å²) >= 11 is 0. The molecule has 0 amide bonds. The molecule has 1 aliphatic rings. The van der Waals surface area contributed by atoms with Crippen LogP contribution in [0.4, 0.5) is 0 Å². The Labute approximate surface area is 427 Å². The van der Waals surface area contributed by atoms with E-state index in [9.17, 15) is 9.59 Å². The first-order valence-corrected chi connectivity index (χ1v) is 28.6. The van der Waals surface area contributed by atoms with Gasteiger partial charge in [0.15, 0.2) is 11.6 Å². The van der Waals surface area contributed by atoms with E-state index < -0.39 is 0 Å². The summed E-state index contributed by atoms with van der Waals surface area (Å²) in [6, 6.07) is 28.4. The van der Waals surface area contributed by atoms with Crippen molar-refractivity contribution in [3.63, 3.8) is 0 Å². The number of benzene rings is 4. The first-order valence-electron chi connectivity index (χ1n) is 28.6. The van der Waals surface area contributed by atoms with Crippen molar-refractivity contribution in [2.45, 2.75) is 208 Å². The second-order valence-corrected chi connectivity index (χ2v) is 21.7. The van der Waals surface area contributed by atoms with Gasteiger partial charge < -0.3 is 18.4 Å². The lowest BCUT2D eigenvalue weighted by Crippen LogP contribution is -2.44. The van der Waals surface area contributed by atoms with Crippen LogP contribution in [-0.2, 0) is 26.3 Å². The molecule has 4 aromatic rings. The normalized spacial score (nSPS) is 12.6. The van der Waals surface area contributed by atoms with Gasteiger partial charge in [0.25, 0.3) is 0 Å². The minimum absolute atomic E-state index is 0.207. The Morgan fingerprint density at radius 3 is 0.914 bits per heavy atom. The second kappa shape index (κ2) is 31.3. The molecule has 0 unspecified atom stereocenters. The molecule has 6 nitrogen and oxygen atoms in total. The van der Waals surface area contributed by atoms with E-state index in [4.69, 9.17) is 9.47 Å². The van der Waals surface area contributed by atoms with E-state index in [-0.39, 0.29) is 11.6 Å². The zero-order chi connectivity index (χ0) is 49.9. The quantitative estimate of drug-likeness (QED) is 0.0292. The van der Waals surface area contributed by atoms with Gasteiger partial charge in [0.05, 0.1) is 51.4 Å². The van der Waals surface area contributed by atoms with Crippen LogP contribution in [-0.4, -0.2) is 60.8 Å².